The van der Waals surface area contributed by atoms with Crippen molar-refractivity contribution in [2.75, 3.05) is 0 Å². The van der Waals surface area contributed by atoms with E-state index in [0.717, 1.165) is 24.4 Å². The molecule has 10 heteroatoms. The van der Waals surface area contributed by atoms with E-state index in [2.05, 4.69) is 10.5 Å². The van der Waals surface area contributed by atoms with Gasteiger partial charge in [-0.15, -0.1) is 0 Å². The van der Waals surface area contributed by atoms with Gasteiger partial charge in [0.2, 0.25) is 11.7 Å². The van der Waals surface area contributed by atoms with E-state index in [4.69, 9.17) is 0 Å². The largest absolute Gasteiger partial charge is 0.502 e. The van der Waals surface area contributed by atoms with Crippen molar-refractivity contribution < 1.29 is 28.0 Å². The van der Waals surface area contributed by atoms with Crippen LogP contribution in [0.2, 0.25) is 0 Å². The molecule has 1 amide bonds. The normalized spacial score (nSPS) is 11.5. The van der Waals surface area contributed by atoms with Gasteiger partial charge < -0.3 is 5.11 Å². The monoisotopic (exact) mass is 367 g/mol. The fraction of sp³-hybridized carbons (Fsp3) is 0.125. The highest BCUT2D eigenvalue weighted by atomic mass is 19.4. The molecule has 0 saturated heterocycles. The minimum atomic E-state index is -4.51. The summed E-state index contributed by atoms with van der Waals surface area (Å²) in [7, 11) is 0. The standard InChI is InChI=1S/C16H12F3N3O4/c17-16(18,19)12-5-1-3-10(7-12)8-14(23)21-20-9-11-4-2-6-13(15(11)24)22(25)26/h1-7,9,24H,8H2,(H,21,23)/b20-9+. The highest BCUT2D eigenvalue weighted by molar-refractivity contribution is 5.87. The lowest BCUT2D eigenvalue weighted by molar-refractivity contribution is -0.385. The zero-order chi connectivity index (χ0) is 19.3. The first-order valence-corrected chi connectivity index (χ1v) is 7.13. The molecular formula is C16H12F3N3O4. The first-order valence-electron chi connectivity index (χ1n) is 7.13. The highest BCUT2D eigenvalue weighted by Crippen LogP contribution is 2.30. The molecule has 26 heavy (non-hydrogen) atoms. The third kappa shape index (κ3) is 4.79. The zero-order valence-corrected chi connectivity index (χ0v) is 13.0. The summed E-state index contributed by atoms with van der Waals surface area (Å²) in [6, 6.07) is 8.06. The number of carbonyl (C=O) groups is 1. The van der Waals surface area contributed by atoms with Crippen molar-refractivity contribution in [3.05, 3.63) is 69.3 Å². The Labute approximate surface area is 144 Å². The number of halogens is 3. The van der Waals surface area contributed by atoms with Gasteiger partial charge in [-0.3, -0.25) is 14.9 Å². The number of nitro benzene ring substituents is 1. The van der Waals surface area contributed by atoms with Gasteiger partial charge in [0, 0.05) is 11.6 Å². The first kappa shape index (κ1) is 18.9. The Morgan fingerprint density at radius 2 is 1.96 bits per heavy atom. The Bertz CT molecular complexity index is 866. The van der Waals surface area contributed by atoms with Gasteiger partial charge in [0.05, 0.1) is 23.1 Å². The van der Waals surface area contributed by atoms with Crippen molar-refractivity contribution in [1.82, 2.24) is 5.43 Å². The number of aromatic hydroxyl groups is 1. The topological polar surface area (TPSA) is 105 Å². The summed E-state index contributed by atoms with van der Waals surface area (Å²) < 4.78 is 37.9. The van der Waals surface area contributed by atoms with Gasteiger partial charge in [-0.1, -0.05) is 24.3 Å². The number of phenolic OH excluding ortho intramolecular Hbond substituents is 1. The summed E-state index contributed by atoms with van der Waals surface area (Å²) in [4.78, 5) is 21.7. The van der Waals surface area contributed by atoms with Crippen LogP contribution in [0.5, 0.6) is 5.75 Å². The van der Waals surface area contributed by atoms with Gasteiger partial charge >= 0.3 is 11.9 Å². The van der Waals surface area contributed by atoms with Crippen molar-refractivity contribution in [2.24, 2.45) is 5.10 Å². The smallest absolute Gasteiger partial charge is 0.416 e. The number of para-hydroxylation sites is 1. The van der Waals surface area contributed by atoms with Crippen LogP contribution in [0.4, 0.5) is 18.9 Å². The lowest BCUT2D eigenvalue weighted by Crippen LogP contribution is -2.20. The molecule has 2 aromatic rings. The van der Waals surface area contributed by atoms with E-state index in [1.165, 1.54) is 24.3 Å². The van der Waals surface area contributed by atoms with Gasteiger partial charge in [0.15, 0.2) is 0 Å². The van der Waals surface area contributed by atoms with Crippen LogP contribution in [0.1, 0.15) is 16.7 Å². The maximum atomic E-state index is 12.6. The van der Waals surface area contributed by atoms with Gasteiger partial charge in [-0.05, 0) is 17.7 Å². The Morgan fingerprint density at radius 3 is 2.62 bits per heavy atom. The van der Waals surface area contributed by atoms with Crippen molar-refractivity contribution in [1.29, 1.82) is 0 Å². The summed E-state index contributed by atoms with van der Waals surface area (Å²) >= 11 is 0. The molecule has 0 saturated carbocycles. The minimum absolute atomic E-state index is 0.00133. The zero-order valence-electron chi connectivity index (χ0n) is 13.0. The second-order valence-electron chi connectivity index (χ2n) is 5.14. The lowest BCUT2D eigenvalue weighted by Gasteiger charge is -2.08. The van der Waals surface area contributed by atoms with Crippen LogP contribution >= 0.6 is 0 Å². The Morgan fingerprint density at radius 1 is 1.27 bits per heavy atom. The van der Waals surface area contributed by atoms with Crippen LogP contribution in [0.25, 0.3) is 0 Å². The molecule has 0 aliphatic carbocycles. The van der Waals surface area contributed by atoms with Crippen LogP contribution in [0, 0.1) is 10.1 Å². The van der Waals surface area contributed by atoms with Crippen molar-refractivity contribution >= 4 is 17.8 Å². The number of rotatable bonds is 5. The summed E-state index contributed by atoms with van der Waals surface area (Å²) in [6.07, 6.45) is -3.86. The van der Waals surface area contributed by atoms with E-state index in [1.54, 1.807) is 0 Å². The van der Waals surface area contributed by atoms with Crippen molar-refractivity contribution in [3.8, 4) is 5.75 Å². The van der Waals surface area contributed by atoms with E-state index in [9.17, 15) is 33.2 Å². The molecule has 0 unspecified atom stereocenters. The molecule has 7 nitrogen and oxygen atoms in total. The van der Waals surface area contributed by atoms with Gasteiger partial charge in [0.1, 0.15) is 0 Å². The molecule has 0 atom stereocenters. The second-order valence-corrected chi connectivity index (χ2v) is 5.14. The molecule has 136 valence electrons. The average molecular weight is 367 g/mol. The number of alkyl halides is 3. The summed E-state index contributed by atoms with van der Waals surface area (Å²) in [5, 5.41) is 24.0. The molecular weight excluding hydrogens is 355 g/mol. The Kier molecular flexibility index (Phi) is 5.55. The number of hydrogen-bond donors (Lipinski definition) is 2. The Hall–Kier alpha value is -3.43. The predicted octanol–water partition coefficient (Wildman–Crippen LogP) is 3.01. The molecule has 0 aliphatic heterocycles. The maximum absolute atomic E-state index is 12.6. The van der Waals surface area contributed by atoms with E-state index in [1.807, 2.05) is 0 Å². The summed E-state index contributed by atoms with van der Waals surface area (Å²) in [5.41, 5.74) is 0.833. The number of hydrazone groups is 1. The molecule has 2 N–H and O–H groups in total. The summed E-state index contributed by atoms with van der Waals surface area (Å²) in [6.45, 7) is 0. The quantitative estimate of drug-likeness (QED) is 0.481. The van der Waals surface area contributed by atoms with E-state index in [0.29, 0.717) is 0 Å². The fourth-order valence-electron chi connectivity index (χ4n) is 2.06. The van der Waals surface area contributed by atoms with Crippen LogP contribution < -0.4 is 5.43 Å². The minimum Gasteiger partial charge on any atom is -0.502 e. The third-order valence-electron chi connectivity index (χ3n) is 3.25. The number of carbonyl (C=O) groups excluding carboxylic acids is 1. The van der Waals surface area contributed by atoms with Crippen LogP contribution in [-0.4, -0.2) is 22.2 Å². The molecule has 0 aliphatic rings. The SMILES string of the molecule is O=C(Cc1cccc(C(F)(F)F)c1)N/N=C/c1cccc([N+](=O)[O-])c1O. The third-order valence-corrected chi connectivity index (χ3v) is 3.25. The van der Waals surface area contributed by atoms with Crippen LogP contribution in [0.3, 0.4) is 0 Å². The van der Waals surface area contributed by atoms with Crippen molar-refractivity contribution in [3.63, 3.8) is 0 Å². The molecule has 0 heterocycles. The number of amides is 1. The Balaban J connectivity index is 2.03. The lowest BCUT2D eigenvalue weighted by atomic mass is 10.1. The van der Waals surface area contributed by atoms with E-state index < -0.39 is 34.0 Å². The molecule has 2 aromatic carbocycles. The first-order chi connectivity index (χ1) is 12.2. The molecule has 0 aromatic heterocycles. The van der Waals surface area contributed by atoms with Gasteiger partial charge in [-0.2, -0.15) is 18.3 Å². The van der Waals surface area contributed by atoms with Gasteiger partial charge in [0.25, 0.3) is 0 Å². The molecule has 0 bridgehead atoms. The van der Waals surface area contributed by atoms with Crippen molar-refractivity contribution in [2.45, 2.75) is 12.6 Å². The van der Waals surface area contributed by atoms with Crippen LogP contribution in [0.15, 0.2) is 47.6 Å². The number of hydrogen-bond acceptors (Lipinski definition) is 5. The molecule has 0 fully saturated rings. The van der Waals surface area contributed by atoms with E-state index >= 15 is 0 Å². The average Bonchev–Trinajstić information content (AvgIpc) is 2.55. The number of nitrogens with zero attached hydrogens (tertiary/aromatic N) is 2. The number of benzene rings is 2. The number of nitrogens with one attached hydrogen (secondary N) is 1. The molecule has 0 radical (unpaired) electrons. The molecule has 0 spiro atoms. The summed E-state index contributed by atoms with van der Waals surface area (Å²) in [5.74, 6) is -1.31. The highest BCUT2D eigenvalue weighted by Gasteiger charge is 2.30. The van der Waals surface area contributed by atoms with E-state index in [-0.39, 0.29) is 17.5 Å². The number of phenols is 1. The second kappa shape index (κ2) is 7.64. The number of nitro groups is 1. The molecule has 2 rings (SSSR count). The maximum Gasteiger partial charge on any atom is 0.416 e. The van der Waals surface area contributed by atoms with Gasteiger partial charge in [-0.25, -0.2) is 5.43 Å². The fourth-order valence-corrected chi connectivity index (χ4v) is 2.06. The van der Waals surface area contributed by atoms with Crippen LogP contribution in [-0.2, 0) is 17.4 Å². The predicted molar refractivity (Wildman–Crippen MR) is 85.6 cm³/mol.